The second kappa shape index (κ2) is 13.0. The van der Waals surface area contributed by atoms with E-state index in [1.165, 1.54) is 0 Å². The monoisotopic (exact) mass is 522 g/mol. The van der Waals surface area contributed by atoms with Crippen LogP contribution in [0.5, 0.6) is 0 Å². The molecule has 2 N–H and O–H groups in total. The van der Waals surface area contributed by atoms with E-state index in [4.69, 9.17) is 4.74 Å². The van der Waals surface area contributed by atoms with E-state index in [1.54, 1.807) is 45.0 Å². The molecular weight excluding hydrogens is 488 g/mol. The van der Waals surface area contributed by atoms with Gasteiger partial charge in [0, 0.05) is 11.4 Å². The van der Waals surface area contributed by atoms with Crippen LogP contribution in [-0.2, 0) is 14.3 Å². The lowest BCUT2D eigenvalue weighted by atomic mass is 10.00. The lowest BCUT2D eigenvalue weighted by Crippen LogP contribution is -2.53. The average molecular weight is 523 g/mol. The third-order valence-corrected chi connectivity index (χ3v) is 5.81. The highest BCUT2D eigenvalue weighted by atomic mass is 32.1. The van der Waals surface area contributed by atoms with Gasteiger partial charge < -0.3 is 20.3 Å². The fourth-order valence-electron chi connectivity index (χ4n) is 3.74. The second-order valence-electron chi connectivity index (χ2n) is 9.54. The maximum Gasteiger partial charge on any atom is 0.408 e. The standard InChI is InChI=1S/C28H34N4O4S/c1-7-20-12-9-13-21(16-20)24(25(33)31-23-18(2)10-8-11-19(23)3)32(15-14-29)26(34)22(17-37)30-27(35)36-28(4,5)6/h7-13,16,22,24,37H,1,15,17H2,2-6H3,(H,30,35)(H,31,33). The molecule has 0 fully saturated rings. The molecule has 0 saturated heterocycles. The molecule has 0 saturated carbocycles. The van der Waals surface area contributed by atoms with Gasteiger partial charge in [-0.15, -0.1) is 0 Å². The summed E-state index contributed by atoms with van der Waals surface area (Å²) in [6.07, 6.45) is 0.822. The van der Waals surface area contributed by atoms with Gasteiger partial charge in [0.2, 0.25) is 5.91 Å². The summed E-state index contributed by atoms with van der Waals surface area (Å²) in [7, 11) is 0. The number of rotatable bonds is 9. The minimum atomic E-state index is -1.17. The van der Waals surface area contributed by atoms with Gasteiger partial charge >= 0.3 is 6.09 Å². The molecule has 2 aromatic carbocycles. The molecule has 2 rings (SSSR count). The number of aryl methyl sites for hydroxylation is 2. The maximum absolute atomic E-state index is 13.8. The van der Waals surface area contributed by atoms with E-state index in [9.17, 15) is 19.6 Å². The van der Waals surface area contributed by atoms with Crippen molar-refractivity contribution in [2.75, 3.05) is 17.6 Å². The van der Waals surface area contributed by atoms with Crippen LogP contribution in [0.15, 0.2) is 49.0 Å². The van der Waals surface area contributed by atoms with E-state index in [1.807, 2.05) is 44.2 Å². The minimum absolute atomic E-state index is 0.0715. The number of hydrogen-bond acceptors (Lipinski definition) is 6. The van der Waals surface area contributed by atoms with E-state index in [2.05, 4.69) is 29.8 Å². The van der Waals surface area contributed by atoms with Crippen molar-refractivity contribution in [2.45, 2.75) is 52.3 Å². The van der Waals surface area contributed by atoms with Crippen molar-refractivity contribution in [1.29, 1.82) is 5.26 Å². The Labute approximate surface area is 224 Å². The number of alkyl carbamates (subject to hydrolysis) is 1. The molecule has 9 heteroatoms. The van der Waals surface area contributed by atoms with Crippen molar-refractivity contribution in [1.82, 2.24) is 10.2 Å². The molecule has 2 atom stereocenters. The van der Waals surface area contributed by atoms with Crippen molar-refractivity contribution in [3.63, 3.8) is 0 Å². The first kappa shape index (κ1) is 29.5. The van der Waals surface area contributed by atoms with Crippen molar-refractivity contribution in [3.8, 4) is 6.07 Å². The molecule has 0 bridgehead atoms. The quantitative estimate of drug-likeness (QED) is 0.324. The summed E-state index contributed by atoms with van der Waals surface area (Å²) in [5.74, 6) is -1.22. The molecule has 2 unspecified atom stereocenters. The molecule has 0 aliphatic heterocycles. The van der Waals surface area contributed by atoms with Crippen LogP contribution in [0.2, 0.25) is 0 Å². The van der Waals surface area contributed by atoms with E-state index >= 15 is 0 Å². The topological polar surface area (TPSA) is 112 Å². The van der Waals surface area contributed by atoms with Gasteiger partial charge in [0.05, 0.1) is 6.07 Å². The Kier molecular flexibility index (Phi) is 10.3. The first-order valence-electron chi connectivity index (χ1n) is 11.8. The van der Waals surface area contributed by atoms with E-state index < -0.39 is 42.1 Å². The van der Waals surface area contributed by atoms with Crippen molar-refractivity contribution >= 4 is 42.3 Å². The largest absolute Gasteiger partial charge is 0.444 e. The molecule has 0 radical (unpaired) electrons. The predicted molar refractivity (Wildman–Crippen MR) is 148 cm³/mol. The maximum atomic E-state index is 13.8. The number of nitrogens with one attached hydrogen (secondary N) is 2. The number of thiol groups is 1. The Morgan fingerprint density at radius 3 is 2.32 bits per heavy atom. The lowest BCUT2D eigenvalue weighted by Gasteiger charge is -2.33. The van der Waals surface area contributed by atoms with Gasteiger partial charge in [0.25, 0.3) is 5.91 Å². The number of nitriles is 1. The van der Waals surface area contributed by atoms with Crippen LogP contribution in [-0.4, -0.2) is 46.7 Å². The Morgan fingerprint density at radius 1 is 1.16 bits per heavy atom. The number of benzene rings is 2. The van der Waals surface area contributed by atoms with E-state index in [-0.39, 0.29) is 5.75 Å². The molecule has 2 aromatic rings. The Balaban J connectivity index is 2.53. The average Bonchev–Trinajstić information content (AvgIpc) is 2.83. The molecule has 0 spiro atoms. The van der Waals surface area contributed by atoms with Gasteiger partial charge in [-0.2, -0.15) is 17.9 Å². The summed E-state index contributed by atoms with van der Waals surface area (Å²) in [6.45, 7) is 12.2. The molecule has 8 nitrogen and oxygen atoms in total. The third kappa shape index (κ3) is 8.12. The smallest absolute Gasteiger partial charge is 0.408 e. The minimum Gasteiger partial charge on any atom is -0.444 e. The molecule has 37 heavy (non-hydrogen) atoms. The van der Waals surface area contributed by atoms with Gasteiger partial charge in [-0.1, -0.05) is 49.1 Å². The highest BCUT2D eigenvalue weighted by molar-refractivity contribution is 7.80. The SMILES string of the molecule is C=Cc1cccc(C(C(=O)Nc2c(C)cccc2C)N(CC#N)C(=O)C(CS)NC(=O)OC(C)(C)C)c1. The molecule has 3 amide bonds. The molecule has 0 aliphatic carbocycles. The predicted octanol–water partition coefficient (Wildman–Crippen LogP) is 4.80. The fraction of sp³-hybridized carbons (Fsp3) is 0.357. The van der Waals surface area contributed by atoms with Crippen LogP contribution in [0.1, 0.15) is 49.1 Å². The summed E-state index contributed by atoms with van der Waals surface area (Å²) in [5.41, 5.74) is 2.78. The van der Waals surface area contributed by atoms with Gasteiger partial charge in [-0.3, -0.25) is 9.59 Å². The number of ether oxygens (including phenoxy) is 1. The molecule has 196 valence electrons. The molecule has 0 aliphatic rings. The van der Waals surface area contributed by atoms with Gasteiger partial charge in [0.1, 0.15) is 24.2 Å². The summed E-state index contributed by atoms with van der Waals surface area (Å²) >= 11 is 4.24. The summed E-state index contributed by atoms with van der Waals surface area (Å²) < 4.78 is 5.28. The summed E-state index contributed by atoms with van der Waals surface area (Å²) in [4.78, 5) is 41.0. The first-order chi connectivity index (χ1) is 17.4. The third-order valence-electron chi connectivity index (χ3n) is 5.45. The number of nitrogens with zero attached hydrogens (tertiary/aromatic N) is 2. The number of amides is 3. The zero-order valence-electron chi connectivity index (χ0n) is 21.9. The van der Waals surface area contributed by atoms with Crippen LogP contribution in [0.4, 0.5) is 10.5 Å². The number of hydrogen-bond donors (Lipinski definition) is 3. The number of carbonyl (C=O) groups is 3. The van der Waals surface area contributed by atoms with Gasteiger partial charge in [-0.05, 0) is 62.9 Å². The number of para-hydroxylation sites is 1. The van der Waals surface area contributed by atoms with Gasteiger partial charge in [-0.25, -0.2) is 4.79 Å². The van der Waals surface area contributed by atoms with Crippen LogP contribution >= 0.6 is 12.6 Å². The summed E-state index contributed by atoms with van der Waals surface area (Å²) in [5, 5.41) is 15.1. The van der Waals surface area contributed by atoms with Crippen molar-refractivity contribution in [3.05, 3.63) is 71.3 Å². The van der Waals surface area contributed by atoms with Crippen LogP contribution in [0.3, 0.4) is 0 Å². The van der Waals surface area contributed by atoms with E-state index in [0.717, 1.165) is 21.6 Å². The molecule has 0 heterocycles. The van der Waals surface area contributed by atoms with Crippen molar-refractivity contribution < 1.29 is 19.1 Å². The fourth-order valence-corrected chi connectivity index (χ4v) is 3.99. The van der Waals surface area contributed by atoms with Crippen LogP contribution < -0.4 is 10.6 Å². The Bertz CT molecular complexity index is 1180. The first-order valence-corrected chi connectivity index (χ1v) is 12.4. The van der Waals surface area contributed by atoms with Crippen LogP contribution in [0, 0.1) is 25.2 Å². The normalized spacial score (nSPS) is 12.5. The number of anilines is 1. The second-order valence-corrected chi connectivity index (χ2v) is 9.90. The number of carbonyl (C=O) groups excluding carboxylic acids is 3. The molecular formula is C28H34N4O4S. The van der Waals surface area contributed by atoms with Crippen LogP contribution in [0.25, 0.3) is 6.08 Å². The highest BCUT2D eigenvalue weighted by Crippen LogP contribution is 2.27. The highest BCUT2D eigenvalue weighted by Gasteiger charge is 2.36. The van der Waals surface area contributed by atoms with Gasteiger partial charge in [0.15, 0.2) is 0 Å². The van der Waals surface area contributed by atoms with Crippen molar-refractivity contribution in [2.24, 2.45) is 0 Å². The summed E-state index contributed by atoms with van der Waals surface area (Å²) in [6, 6.07) is 12.3. The zero-order valence-corrected chi connectivity index (χ0v) is 22.8. The van der Waals surface area contributed by atoms with E-state index in [0.29, 0.717) is 11.3 Å². The molecule has 0 aromatic heterocycles. The Morgan fingerprint density at radius 2 is 1.78 bits per heavy atom. The lowest BCUT2D eigenvalue weighted by molar-refractivity contribution is -0.139. The Hall–Kier alpha value is -3.77. The zero-order chi connectivity index (χ0) is 27.8.